The van der Waals surface area contributed by atoms with Gasteiger partial charge >= 0.3 is 0 Å². The summed E-state index contributed by atoms with van der Waals surface area (Å²) < 4.78 is 32.6. The van der Waals surface area contributed by atoms with Crippen LogP contribution in [0, 0.1) is 0 Å². The molecule has 152 valence electrons. The molecule has 1 amide bonds. The molecule has 6 nitrogen and oxygen atoms in total. The SMILES string of the molecule is C=CCn1c(=NC(=O)c2ccc(S(=O)(=O)C(C)C)cc2)sc2cc(OC)ccc21. The molecule has 0 radical (unpaired) electrons. The second kappa shape index (κ2) is 8.34. The van der Waals surface area contributed by atoms with Crippen molar-refractivity contribution in [3.8, 4) is 5.75 Å². The standard InChI is InChI=1S/C21H22N2O4S2/c1-5-12-23-18-11-8-16(27-4)13-19(18)28-21(23)22-20(24)15-6-9-17(10-7-15)29(25,26)14(2)3/h5-11,13-14H,1,12H2,2-4H3. The highest BCUT2D eigenvalue weighted by molar-refractivity contribution is 7.92. The van der Waals surface area contributed by atoms with E-state index in [0.717, 1.165) is 16.0 Å². The molecule has 0 aliphatic rings. The van der Waals surface area contributed by atoms with Gasteiger partial charge in [-0.2, -0.15) is 4.99 Å². The highest BCUT2D eigenvalue weighted by Crippen LogP contribution is 2.23. The first kappa shape index (κ1) is 21.0. The second-order valence-corrected chi connectivity index (χ2v) is 10.2. The minimum atomic E-state index is -3.38. The van der Waals surface area contributed by atoms with Crippen LogP contribution < -0.4 is 9.54 Å². The first-order valence-electron chi connectivity index (χ1n) is 8.99. The Kier molecular flexibility index (Phi) is 6.04. The van der Waals surface area contributed by atoms with E-state index >= 15 is 0 Å². The van der Waals surface area contributed by atoms with E-state index in [-0.39, 0.29) is 4.90 Å². The molecule has 0 aliphatic carbocycles. The lowest BCUT2D eigenvalue weighted by atomic mass is 10.2. The number of aromatic nitrogens is 1. The Hall–Kier alpha value is -2.71. The number of carbonyl (C=O) groups excluding carboxylic acids is 1. The number of hydrogen-bond acceptors (Lipinski definition) is 5. The zero-order chi connectivity index (χ0) is 21.2. The van der Waals surface area contributed by atoms with Gasteiger partial charge in [0.2, 0.25) is 0 Å². The molecule has 0 saturated carbocycles. The minimum Gasteiger partial charge on any atom is -0.497 e. The maximum Gasteiger partial charge on any atom is 0.279 e. The average molecular weight is 431 g/mol. The fourth-order valence-electron chi connectivity index (χ4n) is 2.78. The van der Waals surface area contributed by atoms with Gasteiger partial charge in [-0.3, -0.25) is 4.79 Å². The van der Waals surface area contributed by atoms with Crippen LogP contribution in [-0.2, 0) is 16.4 Å². The molecule has 0 saturated heterocycles. The number of amides is 1. The Bertz CT molecular complexity index is 1230. The summed E-state index contributed by atoms with van der Waals surface area (Å²) in [5, 5.41) is -0.526. The van der Waals surface area contributed by atoms with Crippen molar-refractivity contribution >= 4 is 37.3 Å². The van der Waals surface area contributed by atoms with Crippen molar-refractivity contribution in [2.24, 2.45) is 4.99 Å². The lowest BCUT2D eigenvalue weighted by Crippen LogP contribution is -2.16. The highest BCUT2D eigenvalue weighted by atomic mass is 32.2. The van der Waals surface area contributed by atoms with Crippen molar-refractivity contribution in [1.29, 1.82) is 0 Å². The highest BCUT2D eigenvalue weighted by Gasteiger charge is 2.19. The molecule has 0 unspecified atom stereocenters. The fraction of sp³-hybridized carbons (Fsp3) is 0.238. The topological polar surface area (TPSA) is 77.7 Å². The summed E-state index contributed by atoms with van der Waals surface area (Å²) in [7, 11) is -1.78. The number of carbonyl (C=O) groups is 1. The molecule has 0 N–H and O–H groups in total. The van der Waals surface area contributed by atoms with Crippen LogP contribution in [0.25, 0.3) is 10.2 Å². The molecule has 1 aromatic heterocycles. The largest absolute Gasteiger partial charge is 0.497 e. The molecule has 0 spiro atoms. The van der Waals surface area contributed by atoms with E-state index in [1.807, 2.05) is 22.8 Å². The third-order valence-electron chi connectivity index (χ3n) is 4.45. The summed E-state index contributed by atoms with van der Waals surface area (Å²) >= 11 is 1.38. The summed E-state index contributed by atoms with van der Waals surface area (Å²) in [6, 6.07) is 11.6. The summed E-state index contributed by atoms with van der Waals surface area (Å²) in [5.41, 5.74) is 1.26. The van der Waals surface area contributed by atoms with E-state index in [4.69, 9.17) is 4.74 Å². The molecular formula is C21H22N2O4S2. The molecule has 0 bridgehead atoms. The number of ether oxygens (including phenoxy) is 1. The molecule has 0 atom stereocenters. The molecule has 3 rings (SSSR count). The van der Waals surface area contributed by atoms with E-state index in [0.29, 0.717) is 16.9 Å². The van der Waals surface area contributed by atoms with Crippen LogP contribution in [0.15, 0.2) is 65.0 Å². The number of fused-ring (bicyclic) bond motifs is 1. The van der Waals surface area contributed by atoms with Gasteiger partial charge in [0.25, 0.3) is 5.91 Å². The van der Waals surface area contributed by atoms with E-state index in [9.17, 15) is 13.2 Å². The smallest absolute Gasteiger partial charge is 0.279 e. The quantitative estimate of drug-likeness (QED) is 0.557. The summed E-state index contributed by atoms with van der Waals surface area (Å²) in [4.78, 5) is 17.7. The molecule has 0 aliphatic heterocycles. The Morgan fingerprint density at radius 2 is 1.93 bits per heavy atom. The second-order valence-electron chi connectivity index (χ2n) is 6.65. The molecule has 0 fully saturated rings. The first-order chi connectivity index (χ1) is 13.8. The van der Waals surface area contributed by atoms with Crippen LogP contribution in [0.4, 0.5) is 0 Å². The monoisotopic (exact) mass is 430 g/mol. The first-order valence-corrected chi connectivity index (χ1v) is 11.4. The van der Waals surface area contributed by atoms with Crippen LogP contribution in [0.2, 0.25) is 0 Å². The van der Waals surface area contributed by atoms with Crippen molar-refractivity contribution in [1.82, 2.24) is 4.57 Å². The number of hydrogen-bond donors (Lipinski definition) is 0. The molecular weight excluding hydrogens is 408 g/mol. The maximum absolute atomic E-state index is 12.7. The lowest BCUT2D eigenvalue weighted by Gasteiger charge is -2.07. The van der Waals surface area contributed by atoms with Crippen molar-refractivity contribution in [2.75, 3.05) is 7.11 Å². The van der Waals surface area contributed by atoms with E-state index in [1.165, 1.54) is 35.6 Å². The van der Waals surface area contributed by atoms with E-state index in [1.54, 1.807) is 27.0 Å². The van der Waals surface area contributed by atoms with Gasteiger partial charge in [0.05, 0.1) is 27.5 Å². The Morgan fingerprint density at radius 1 is 1.24 bits per heavy atom. The van der Waals surface area contributed by atoms with Crippen LogP contribution in [0.3, 0.4) is 0 Å². The van der Waals surface area contributed by atoms with E-state index < -0.39 is 21.0 Å². The number of methoxy groups -OCH3 is 1. The van der Waals surface area contributed by atoms with Crippen molar-refractivity contribution in [3.63, 3.8) is 0 Å². The molecule has 8 heteroatoms. The lowest BCUT2D eigenvalue weighted by molar-refractivity contribution is 0.0998. The minimum absolute atomic E-state index is 0.194. The maximum atomic E-state index is 12.7. The number of benzene rings is 2. The number of sulfone groups is 1. The number of allylic oxidation sites excluding steroid dienone is 1. The van der Waals surface area contributed by atoms with Gasteiger partial charge in [0.1, 0.15) is 5.75 Å². The Morgan fingerprint density at radius 3 is 2.52 bits per heavy atom. The number of thiazole rings is 1. The van der Waals surface area contributed by atoms with Crippen LogP contribution in [0.5, 0.6) is 5.75 Å². The predicted octanol–water partition coefficient (Wildman–Crippen LogP) is 3.82. The Balaban J connectivity index is 2.03. The number of nitrogens with zero attached hydrogens (tertiary/aromatic N) is 2. The van der Waals surface area contributed by atoms with Gasteiger partial charge < -0.3 is 9.30 Å². The third-order valence-corrected chi connectivity index (χ3v) is 7.66. The summed E-state index contributed by atoms with van der Waals surface area (Å²) in [5.74, 6) is 0.291. The fourth-order valence-corrected chi connectivity index (χ4v) is 4.91. The van der Waals surface area contributed by atoms with Crippen molar-refractivity contribution in [2.45, 2.75) is 30.5 Å². The van der Waals surface area contributed by atoms with Gasteiger partial charge in [-0.05, 0) is 56.3 Å². The zero-order valence-electron chi connectivity index (χ0n) is 16.5. The normalized spacial score (nSPS) is 12.5. The third kappa shape index (κ3) is 4.18. The van der Waals surface area contributed by atoms with E-state index in [2.05, 4.69) is 11.6 Å². The van der Waals surface area contributed by atoms with Gasteiger partial charge in [0, 0.05) is 12.1 Å². The Labute approximate surface area is 173 Å². The van der Waals surface area contributed by atoms with Gasteiger partial charge in [-0.25, -0.2) is 8.42 Å². The average Bonchev–Trinajstić information content (AvgIpc) is 3.04. The summed E-state index contributed by atoms with van der Waals surface area (Å²) in [6.45, 7) is 7.53. The van der Waals surface area contributed by atoms with Gasteiger partial charge in [-0.1, -0.05) is 17.4 Å². The van der Waals surface area contributed by atoms with Crippen LogP contribution >= 0.6 is 11.3 Å². The van der Waals surface area contributed by atoms with Crippen molar-refractivity contribution < 1.29 is 17.9 Å². The van der Waals surface area contributed by atoms with Crippen LogP contribution in [-0.4, -0.2) is 31.3 Å². The number of rotatable bonds is 6. The molecule has 1 heterocycles. The van der Waals surface area contributed by atoms with Crippen molar-refractivity contribution in [3.05, 3.63) is 65.5 Å². The predicted molar refractivity (Wildman–Crippen MR) is 115 cm³/mol. The molecule has 29 heavy (non-hydrogen) atoms. The van der Waals surface area contributed by atoms with Gasteiger partial charge in [-0.15, -0.1) is 6.58 Å². The molecule has 2 aromatic carbocycles. The molecule has 3 aromatic rings. The van der Waals surface area contributed by atoms with Gasteiger partial charge in [0.15, 0.2) is 14.6 Å². The van der Waals surface area contributed by atoms with Crippen LogP contribution in [0.1, 0.15) is 24.2 Å². The summed E-state index contributed by atoms with van der Waals surface area (Å²) in [6.07, 6.45) is 1.74. The zero-order valence-corrected chi connectivity index (χ0v) is 18.1.